The van der Waals surface area contributed by atoms with Crippen molar-refractivity contribution in [3.63, 3.8) is 0 Å². The lowest BCUT2D eigenvalue weighted by Gasteiger charge is -2.23. The Morgan fingerprint density at radius 1 is 1.13 bits per heavy atom. The highest BCUT2D eigenvalue weighted by Crippen LogP contribution is 2.20. The van der Waals surface area contributed by atoms with Gasteiger partial charge in [-0.1, -0.05) is 57.3 Å². The average molecular weight is 544 g/mol. The van der Waals surface area contributed by atoms with Crippen LogP contribution >= 0.6 is 0 Å². The third kappa shape index (κ3) is 11.5. The van der Waals surface area contributed by atoms with E-state index in [1.807, 2.05) is 7.05 Å². The van der Waals surface area contributed by atoms with Gasteiger partial charge in [0.25, 0.3) is 10.0 Å². The molecule has 38 heavy (non-hydrogen) atoms. The molecule has 7 heteroatoms. The minimum Gasteiger partial charge on any atom is -0.392 e. The van der Waals surface area contributed by atoms with Crippen molar-refractivity contribution in [2.24, 2.45) is 0 Å². The van der Waals surface area contributed by atoms with Gasteiger partial charge in [0.15, 0.2) is 0 Å². The molecule has 0 aliphatic heterocycles. The first-order chi connectivity index (χ1) is 18.1. The fourth-order valence-electron chi connectivity index (χ4n) is 3.50. The van der Waals surface area contributed by atoms with Crippen LogP contribution in [0.3, 0.4) is 0 Å². The first-order valence-corrected chi connectivity index (χ1v) is 14.3. The number of ether oxygens (including phenoxy) is 1. The van der Waals surface area contributed by atoms with Gasteiger partial charge in [0, 0.05) is 46.8 Å². The zero-order valence-electron chi connectivity index (χ0n) is 24.5. The van der Waals surface area contributed by atoms with E-state index in [-0.39, 0.29) is 6.32 Å². The Labute approximate surface area is 233 Å². The Morgan fingerprint density at radius 2 is 1.76 bits per heavy atom. The first-order valence-electron chi connectivity index (χ1n) is 12.8. The summed E-state index contributed by atoms with van der Waals surface area (Å²) >= 11 is 0. The van der Waals surface area contributed by atoms with E-state index in [2.05, 4.69) is 73.2 Å². The van der Waals surface area contributed by atoms with E-state index >= 15 is 0 Å². The van der Waals surface area contributed by atoms with Gasteiger partial charge in [-0.2, -0.15) is 0 Å². The number of pyridine rings is 1. The zero-order valence-corrected chi connectivity index (χ0v) is 25.4. The van der Waals surface area contributed by atoms with E-state index in [0.717, 1.165) is 25.0 Å². The first kappa shape index (κ1) is 34.8. The van der Waals surface area contributed by atoms with Gasteiger partial charge in [0.2, 0.25) is 0 Å². The number of benzene rings is 1. The zero-order chi connectivity index (χ0) is 29.1. The summed E-state index contributed by atoms with van der Waals surface area (Å²) in [5.41, 5.74) is 6.91. The Bertz CT molecular complexity index is 1160. The molecular weight excluding hydrogens is 494 g/mol. The van der Waals surface area contributed by atoms with Crippen LogP contribution in [0.1, 0.15) is 52.4 Å². The highest BCUT2D eigenvalue weighted by atomic mass is 32.2. The summed E-state index contributed by atoms with van der Waals surface area (Å²) in [6.45, 7) is 17.7. The Hall–Kier alpha value is -3.16. The van der Waals surface area contributed by atoms with Crippen LogP contribution in [0, 0.1) is 6.92 Å². The molecule has 1 N–H and O–H groups in total. The van der Waals surface area contributed by atoms with Gasteiger partial charge in [-0.05, 0) is 81.0 Å². The number of likely N-dealkylation sites (N-methyl/N-ethyl adjacent to an activating group) is 1. The monoisotopic (exact) mass is 543 g/mol. The molecule has 0 amide bonds. The van der Waals surface area contributed by atoms with Gasteiger partial charge in [-0.3, -0.25) is 9.29 Å². The number of hydrogen-bond donors (Lipinski definition) is 1. The molecule has 1 heterocycles. The molecule has 1 aromatic heterocycles. The average Bonchev–Trinajstić information content (AvgIpc) is 2.92. The SMILES string of the molecule is C=C/C=C(\C=C)N(CC)S(=O)(=O)c1ccc(C)nc1.CC/C(Cc1cccc(CC)c1)=C(/C)NC.COC.[HH]. The number of nitrogens with zero attached hydrogens (tertiary/aromatic N) is 2. The number of aromatic nitrogens is 1. The third-order valence-corrected chi connectivity index (χ3v) is 7.58. The van der Waals surface area contributed by atoms with Crippen LogP contribution in [0.2, 0.25) is 0 Å². The van der Waals surface area contributed by atoms with Crippen LogP contribution < -0.4 is 5.32 Å². The van der Waals surface area contributed by atoms with E-state index in [4.69, 9.17) is 0 Å². The smallest absolute Gasteiger partial charge is 0.265 e. The maximum Gasteiger partial charge on any atom is 0.265 e. The third-order valence-electron chi connectivity index (χ3n) is 5.69. The fourth-order valence-corrected chi connectivity index (χ4v) is 4.94. The minimum absolute atomic E-state index is 0. The van der Waals surface area contributed by atoms with Gasteiger partial charge in [-0.25, -0.2) is 8.42 Å². The topological polar surface area (TPSA) is 71.5 Å². The van der Waals surface area contributed by atoms with Crippen LogP contribution in [0.15, 0.2) is 95.8 Å². The van der Waals surface area contributed by atoms with E-state index in [1.54, 1.807) is 46.3 Å². The second kappa shape index (κ2) is 19.0. The van der Waals surface area contributed by atoms with Crippen molar-refractivity contribution >= 4 is 10.0 Å². The summed E-state index contributed by atoms with van der Waals surface area (Å²) in [5, 5.41) is 3.24. The van der Waals surface area contributed by atoms with Gasteiger partial charge < -0.3 is 10.1 Å². The molecular formula is C31H49N3O3S. The summed E-state index contributed by atoms with van der Waals surface area (Å²) < 4.78 is 30.5. The summed E-state index contributed by atoms with van der Waals surface area (Å²) in [6, 6.07) is 12.1. The Morgan fingerprint density at radius 3 is 2.21 bits per heavy atom. The van der Waals surface area contributed by atoms with Gasteiger partial charge in [-0.15, -0.1) is 0 Å². The lowest BCUT2D eigenvalue weighted by Crippen LogP contribution is -2.29. The lowest BCUT2D eigenvalue weighted by atomic mass is 9.99. The maximum absolute atomic E-state index is 12.5. The van der Waals surface area contributed by atoms with Crippen molar-refractivity contribution < 1.29 is 14.6 Å². The standard InChI is InChI=1S/C15H23N.C14H18N2O2S.C2H6O.H2/c1-5-13-8-7-9-14(10-13)11-15(6-2)12(3)16-4;1-5-8-13(6-2)16(7-3)19(17,18)14-10-9-12(4)15-11-14;1-3-2;/h7-10,16H,5-6,11H2,1-4H3;5-6,8-11H,1-2,7H2,3-4H3;1-2H3;1H/b15-12+;13-8+;;. The number of nitrogens with one attached hydrogen (secondary N) is 1. The summed E-state index contributed by atoms with van der Waals surface area (Å²) in [5.74, 6) is 0. The van der Waals surface area contributed by atoms with Crippen molar-refractivity contribution in [2.45, 2.75) is 58.8 Å². The van der Waals surface area contributed by atoms with Crippen molar-refractivity contribution in [1.82, 2.24) is 14.6 Å². The molecule has 0 radical (unpaired) electrons. The normalized spacial score (nSPS) is 11.6. The van der Waals surface area contributed by atoms with Crippen LogP contribution in [-0.2, 0) is 27.6 Å². The molecule has 0 fully saturated rings. The maximum atomic E-state index is 12.5. The molecule has 212 valence electrons. The van der Waals surface area contributed by atoms with E-state index in [9.17, 15) is 8.42 Å². The van der Waals surface area contributed by atoms with Gasteiger partial charge in [0.1, 0.15) is 4.90 Å². The molecule has 1 aromatic carbocycles. The lowest BCUT2D eigenvalue weighted by molar-refractivity contribution is 0.277. The van der Waals surface area contributed by atoms with E-state index in [0.29, 0.717) is 12.2 Å². The van der Waals surface area contributed by atoms with Gasteiger partial charge >= 0.3 is 0 Å². The van der Waals surface area contributed by atoms with Crippen molar-refractivity contribution in [1.29, 1.82) is 0 Å². The fraction of sp³-hybridized carbons (Fsp3) is 0.387. The molecule has 0 spiro atoms. The summed E-state index contributed by atoms with van der Waals surface area (Å²) in [7, 11) is 1.63. The summed E-state index contributed by atoms with van der Waals surface area (Å²) in [4.78, 5) is 4.19. The molecule has 0 atom stereocenters. The number of rotatable bonds is 11. The molecule has 0 bridgehead atoms. The molecule has 0 aliphatic carbocycles. The largest absolute Gasteiger partial charge is 0.392 e. The number of hydrogen-bond acceptors (Lipinski definition) is 5. The van der Waals surface area contributed by atoms with Crippen LogP contribution in [0.4, 0.5) is 0 Å². The van der Waals surface area contributed by atoms with E-state index < -0.39 is 10.0 Å². The van der Waals surface area contributed by atoms with Crippen LogP contribution in [0.5, 0.6) is 0 Å². The highest BCUT2D eigenvalue weighted by molar-refractivity contribution is 7.89. The molecule has 6 nitrogen and oxygen atoms in total. The molecule has 0 aliphatic rings. The predicted molar refractivity (Wildman–Crippen MR) is 164 cm³/mol. The predicted octanol–water partition coefficient (Wildman–Crippen LogP) is 6.86. The molecule has 2 rings (SSSR count). The van der Waals surface area contributed by atoms with Crippen molar-refractivity contribution in [3.05, 3.63) is 108 Å². The number of allylic oxidation sites excluding steroid dienone is 5. The molecule has 2 aromatic rings. The number of methoxy groups -OCH3 is 1. The number of sulfonamides is 1. The van der Waals surface area contributed by atoms with Gasteiger partial charge in [0.05, 0.1) is 5.70 Å². The quantitative estimate of drug-likeness (QED) is 0.314. The summed E-state index contributed by atoms with van der Waals surface area (Å²) in [6.07, 6.45) is 9.29. The van der Waals surface area contributed by atoms with Crippen molar-refractivity contribution in [2.75, 3.05) is 27.8 Å². The second-order valence-corrected chi connectivity index (χ2v) is 10.3. The number of aryl methyl sites for hydroxylation is 2. The van der Waals surface area contributed by atoms with Crippen molar-refractivity contribution in [3.8, 4) is 0 Å². The minimum atomic E-state index is -3.62. The Balaban J connectivity index is 0. The van der Waals surface area contributed by atoms with Crippen LogP contribution in [0.25, 0.3) is 0 Å². The van der Waals surface area contributed by atoms with Crippen LogP contribution in [-0.4, -0.2) is 45.5 Å². The second-order valence-electron chi connectivity index (χ2n) is 8.43. The molecule has 0 saturated heterocycles. The Kier molecular flexibility index (Phi) is 17.4. The highest BCUT2D eigenvalue weighted by Gasteiger charge is 2.24. The molecule has 0 unspecified atom stereocenters. The van der Waals surface area contributed by atoms with E-state index in [1.165, 1.54) is 45.1 Å². The molecule has 0 saturated carbocycles.